The molecule has 2 aromatic rings. The van der Waals surface area contributed by atoms with E-state index in [2.05, 4.69) is 10.6 Å². The van der Waals surface area contributed by atoms with Crippen molar-refractivity contribution in [3.63, 3.8) is 0 Å². The van der Waals surface area contributed by atoms with Crippen molar-refractivity contribution in [3.05, 3.63) is 63.1 Å². The van der Waals surface area contributed by atoms with Crippen molar-refractivity contribution in [2.75, 3.05) is 18.4 Å². The summed E-state index contributed by atoms with van der Waals surface area (Å²) in [6.45, 7) is 0.678. The number of amides is 4. The van der Waals surface area contributed by atoms with E-state index in [4.69, 9.17) is 28.9 Å². The largest absolute Gasteiger partial charge is 0.342 e. The minimum absolute atomic E-state index is 0.00878. The quantitative estimate of drug-likeness (QED) is 0.349. The van der Waals surface area contributed by atoms with Crippen LogP contribution in [0.4, 0.5) is 14.5 Å². The second kappa shape index (κ2) is 13.4. The fourth-order valence-corrected chi connectivity index (χ4v) is 6.83. The zero-order valence-electron chi connectivity index (χ0n) is 24.1. The molecule has 2 heterocycles. The Labute approximate surface area is 264 Å². The van der Waals surface area contributed by atoms with Gasteiger partial charge in [0.2, 0.25) is 23.6 Å². The molecule has 2 aromatic carbocycles. The van der Waals surface area contributed by atoms with E-state index in [0.717, 1.165) is 32.1 Å². The van der Waals surface area contributed by atoms with Crippen LogP contribution in [0.25, 0.3) is 0 Å². The van der Waals surface area contributed by atoms with Gasteiger partial charge in [-0.1, -0.05) is 29.3 Å². The summed E-state index contributed by atoms with van der Waals surface area (Å²) in [6.07, 6.45) is 5.00. The third kappa shape index (κ3) is 6.55. The Kier molecular flexibility index (Phi) is 9.77. The number of rotatable bonds is 9. The van der Waals surface area contributed by atoms with Crippen LogP contribution in [0.2, 0.25) is 10.0 Å². The van der Waals surface area contributed by atoms with Crippen LogP contribution in [-0.2, 0) is 32.1 Å². The van der Waals surface area contributed by atoms with Gasteiger partial charge >= 0.3 is 0 Å². The number of hydrogen-bond donors (Lipinski definition) is 3. The molecule has 2 aliphatic heterocycles. The minimum Gasteiger partial charge on any atom is -0.342 e. The van der Waals surface area contributed by atoms with E-state index in [1.165, 1.54) is 29.2 Å². The molecule has 5 rings (SSSR count). The lowest BCUT2D eigenvalue weighted by molar-refractivity contribution is -0.145. The number of benzene rings is 2. The first-order chi connectivity index (χ1) is 21.0. The number of nitrogens with one attached hydrogen (secondary N) is 2. The van der Waals surface area contributed by atoms with Gasteiger partial charge in [0, 0.05) is 37.9 Å². The average Bonchev–Trinajstić information content (AvgIpc) is 3.45. The smallest absolute Gasteiger partial charge is 0.247 e. The third-order valence-electron chi connectivity index (χ3n) is 9.04. The van der Waals surface area contributed by atoms with Crippen molar-refractivity contribution in [3.8, 4) is 0 Å². The summed E-state index contributed by atoms with van der Waals surface area (Å²) >= 11 is 11.7. The Morgan fingerprint density at radius 1 is 1.00 bits per heavy atom. The van der Waals surface area contributed by atoms with Crippen LogP contribution in [0.15, 0.2) is 30.3 Å². The van der Waals surface area contributed by atoms with E-state index in [1.807, 2.05) is 4.90 Å². The van der Waals surface area contributed by atoms with E-state index in [0.29, 0.717) is 17.7 Å². The molecule has 2 atom stereocenters. The molecule has 9 nitrogen and oxygen atoms in total. The van der Waals surface area contributed by atoms with Crippen molar-refractivity contribution < 1.29 is 28.0 Å². The van der Waals surface area contributed by atoms with Crippen LogP contribution < -0.4 is 16.4 Å². The van der Waals surface area contributed by atoms with Crippen LogP contribution >= 0.6 is 23.2 Å². The molecule has 4 amide bonds. The normalized spacial score (nSPS) is 19.2. The second-order valence-electron chi connectivity index (χ2n) is 11.7. The van der Waals surface area contributed by atoms with Gasteiger partial charge in [0.15, 0.2) is 5.82 Å². The Bertz CT molecular complexity index is 1470. The predicted molar refractivity (Wildman–Crippen MR) is 162 cm³/mol. The number of carbonyl (C=O) groups is 4. The maximum atomic E-state index is 14.6. The summed E-state index contributed by atoms with van der Waals surface area (Å²) in [7, 11) is 0. The number of hydrogen-bond acceptors (Lipinski definition) is 5. The molecule has 1 aliphatic carbocycles. The highest BCUT2D eigenvalue weighted by atomic mass is 35.5. The highest BCUT2D eigenvalue weighted by Crippen LogP contribution is 2.45. The van der Waals surface area contributed by atoms with Crippen LogP contribution in [-0.4, -0.2) is 64.1 Å². The molecule has 1 spiro atoms. The van der Waals surface area contributed by atoms with Crippen molar-refractivity contribution in [1.82, 2.24) is 15.1 Å². The van der Waals surface area contributed by atoms with E-state index < -0.39 is 41.4 Å². The molecule has 0 radical (unpaired) electrons. The lowest BCUT2D eigenvalue weighted by atomic mass is 9.75. The molecule has 3 aliphatic rings. The number of anilines is 1. The van der Waals surface area contributed by atoms with E-state index in [1.54, 1.807) is 6.07 Å². The molecule has 236 valence electrons. The summed E-state index contributed by atoms with van der Waals surface area (Å²) in [5.41, 5.74) is 6.67. The van der Waals surface area contributed by atoms with E-state index >= 15 is 0 Å². The molecule has 4 N–H and O–H groups in total. The number of carbonyl (C=O) groups excluding carboxylic acids is 4. The van der Waals surface area contributed by atoms with Crippen molar-refractivity contribution in [2.24, 2.45) is 5.73 Å². The topological polar surface area (TPSA) is 125 Å². The van der Waals surface area contributed by atoms with E-state index in [9.17, 15) is 28.0 Å². The standard InChI is InChI=1S/C31H35Cl2F2N5O4/c32-21-5-6-22(28(35)27(21)33)37-29(43)23(9-13-36)38-30(44)24-16-18-3-4-20(34)15-19(18)17-39(24)25(41)7-8-26(42)40-14-2-12-31(40)10-1-11-31/h3-6,15,23-24H,1-2,7-14,16-17,36H2,(H,37,43)(H,38,44)/t23-,24-/m0/s1. The predicted octanol–water partition coefficient (Wildman–Crippen LogP) is 4.32. The number of fused-ring (bicyclic) bond motifs is 1. The molecular formula is C31H35Cl2F2N5O4. The first kappa shape index (κ1) is 32.1. The summed E-state index contributed by atoms with van der Waals surface area (Å²) in [5, 5.41) is 4.68. The number of nitrogens with two attached hydrogens (primary N) is 1. The van der Waals surface area contributed by atoms with Crippen LogP contribution in [0, 0.1) is 11.6 Å². The molecule has 2 fully saturated rings. The summed E-state index contributed by atoms with van der Waals surface area (Å²) in [6, 6.07) is 4.56. The third-order valence-corrected chi connectivity index (χ3v) is 9.82. The Morgan fingerprint density at radius 3 is 2.43 bits per heavy atom. The Balaban J connectivity index is 1.30. The highest BCUT2D eigenvalue weighted by Gasteiger charge is 2.47. The van der Waals surface area contributed by atoms with Gasteiger partial charge in [0.25, 0.3) is 0 Å². The average molecular weight is 651 g/mol. The van der Waals surface area contributed by atoms with Gasteiger partial charge in [-0.3, -0.25) is 19.2 Å². The summed E-state index contributed by atoms with van der Waals surface area (Å²) < 4.78 is 28.7. The van der Waals surface area contributed by atoms with Gasteiger partial charge in [0.1, 0.15) is 17.9 Å². The molecule has 0 bridgehead atoms. The number of halogens is 4. The van der Waals surface area contributed by atoms with Crippen molar-refractivity contribution in [1.29, 1.82) is 0 Å². The van der Waals surface area contributed by atoms with Crippen molar-refractivity contribution >= 4 is 52.5 Å². The molecule has 13 heteroatoms. The Morgan fingerprint density at radius 2 is 1.73 bits per heavy atom. The van der Waals surface area contributed by atoms with Gasteiger partial charge in [-0.25, -0.2) is 8.78 Å². The van der Waals surface area contributed by atoms with Crippen LogP contribution in [0.3, 0.4) is 0 Å². The van der Waals surface area contributed by atoms with E-state index in [-0.39, 0.29) is 66.0 Å². The van der Waals surface area contributed by atoms with Gasteiger partial charge in [0.05, 0.1) is 15.7 Å². The fraction of sp³-hybridized carbons (Fsp3) is 0.484. The lowest BCUT2D eigenvalue weighted by Gasteiger charge is -2.46. The molecule has 0 unspecified atom stereocenters. The Hall–Kier alpha value is -3.28. The fourth-order valence-electron chi connectivity index (χ4n) is 6.52. The first-order valence-electron chi connectivity index (χ1n) is 14.8. The minimum atomic E-state index is -1.16. The maximum Gasteiger partial charge on any atom is 0.247 e. The monoisotopic (exact) mass is 649 g/mol. The van der Waals surface area contributed by atoms with Crippen LogP contribution in [0.1, 0.15) is 62.5 Å². The molecule has 0 aromatic heterocycles. The lowest BCUT2D eigenvalue weighted by Crippen LogP contribution is -2.56. The summed E-state index contributed by atoms with van der Waals surface area (Å²) in [4.78, 5) is 56.8. The van der Waals surface area contributed by atoms with Gasteiger partial charge < -0.3 is 26.2 Å². The van der Waals surface area contributed by atoms with Crippen LogP contribution in [0.5, 0.6) is 0 Å². The van der Waals surface area contributed by atoms with Gasteiger partial charge in [-0.2, -0.15) is 0 Å². The molecule has 1 saturated heterocycles. The number of likely N-dealkylation sites (tertiary alicyclic amines) is 1. The van der Waals surface area contributed by atoms with Crippen molar-refractivity contribution in [2.45, 2.75) is 82.0 Å². The summed E-state index contributed by atoms with van der Waals surface area (Å²) in [5.74, 6) is -3.26. The van der Waals surface area contributed by atoms with Gasteiger partial charge in [-0.15, -0.1) is 0 Å². The molecule has 1 saturated carbocycles. The number of nitrogens with zero attached hydrogens (tertiary/aromatic N) is 2. The first-order valence-corrected chi connectivity index (χ1v) is 15.6. The second-order valence-corrected chi connectivity index (χ2v) is 12.5. The SMILES string of the molecule is NCC[C@H](NC(=O)[C@@H]1Cc2ccc(F)cc2CN1C(=O)CCC(=O)N1CCCC12CCC2)C(=O)Nc1ccc(Cl)c(Cl)c1F. The zero-order chi connectivity index (χ0) is 31.6. The molecule has 44 heavy (non-hydrogen) atoms. The zero-order valence-corrected chi connectivity index (χ0v) is 25.7. The molecular weight excluding hydrogens is 615 g/mol. The maximum absolute atomic E-state index is 14.6. The van der Waals surface area contributed by atoms with Gasteiger partial charge in [-0.05, 0) is 80.5 Å². The highest BCUT2D eigenvalue weighted by molar-refractivity contribution is 6.42.